The zero-order chi connectivity index (χ0) is 13.6. The third kappa shape index (κ3) is 4.63. The first-order chi connectivity index (χ1) is 8.47. The van der Waals surface area contributed by atoms with Crippen LogP contribution in [0.25, 0.3) is 0 Å². The molecule has 0 saturated carbocycles. The van der Waals surface area contributed by atoms with Gasteiger partial charge in [-0.1, -0.05) is 30.3 Å². The fourth-order valence-corrected chi connectivity index (χ4v) is 1.99. The number of nitrogens with one attached hydrogen (secondary N) is 1. The average molecular weight is 246 g/mol. The highest BCUT2D eigenvalue weighted by Crippen LogP contribution is 2.17. The van der Waals surface area contributed by atoms with Gasteiger partial charge in [-0.15, -0.1) is 6.58 Å². The van der Waals surface area contributed by atoms with Crippen LogP contribution in [-0.2, 0) is 13.1 Å². The van der Waals surface area contributed by atoms with E-state index in [1.807, 2.05) is 13.1 Å². The smallest absolute Gasteiger partial charge is 0.0242 e. The lowest BCUT2D eigenvalue weighted by atomic mass is 10.0. The van der Waals surface area contributed by atoms with Crippen LogP contribution >= 0.6 is 0 Å². The first-order valence-corrected chi connectivity index (χ1v) is 6.55. The predicted molar refractivity (Wildman–Crippen MR) is 79.6 cm³/mol. The van der Waals surface area contributed by atoms with E-state index in [9.17, 15) is 0 Å². The zero-order valence-corrected chi connectivity index (χ0v) is 12.2. The van der Waals surface area contributed by atoms with Crippen LogP contribution in [0.3, 0.4) is 0 Å². The fourth-order valence-electron chi connectivity index (χ4n) is 1.99. The Morgan fingerprint density at radius 3 is 2.50 bits per heavy atom. The van der Waals surface area contributed by atoms with E-state index in [4.69, 9.17) is 0 Å². The zero-order valence-electron chi connectivity index (χ0n) is 12.2. The van der Waals surface area contributed by atoms with Crippen molar-refractivity contribution in [3.63, 3.8) is 0 Å². The van der Waals surface area contributed by atoms with E-state index in [0.29, 0.717) is 0 Å². The number of hydrogen-bond donors (Lipinski definition) is 1. The Kier molecular flexibility index (Phi) is 5.57. The molecule has 0 amide bonds. The van der Waals surface area contributed by atoms with Gasteiger partial charge in [-0.25, -0.2) is 0 Å². The minimum Gasteiger partial charge on any atom is -0.316 e. The molecule has 18 heavy (non-hydrogen) atoms. The van der Waals surface area contributed by atoms with Crippen LogP contribution in [0, 0.1) is 0 Å². The maximum Gasteiger partial charge on any atom is 0.0242 e. The van der Waals surface area contributed by atoms with Crippen LogP contribution in [0.4, 0.5) is 0 Å². The molecule has 0 spiro atoms. The Bertz CT molecular complexity index is 377. The summed E-state index contributed by atoms with van der Waals surface area (Å²) < 4.78 is 0. The topological polar surface area (TPSA) is 15.3 Å². The van der Waals surface area contributed by atoms with Crippen molar-refractivity contribution in [2.75, 3.05) is 13.6 Å². The van der Waals surface area contributed by atoms with Crippen LogP contribution in [-0.4, -0.2) is 24.0 Å². The van der Waals surface area contributed by atoms with Crippen LogP contribution in [0.2, 0.25) is 0 Å². The van der Waals surface area contributed by atoms with Crippen molar-refractivity contribution in [1.29, 1.82) is 0 Å². The molecule has 2 heteroatoms. The molecular weight excluding hydrogens is 220 g/mol. The summed E-state index contributed by atoms with van der Waals surface area (Å²) in [6.45, 7) is 13.4. The van der Waals surface area contributed by atoms with Crippen molar-refractivity contribution < 1.29 is 0 Å². The molecule has 0 atom stereocenters. The van der Waals surface area contributed by atoms with Gasteiger partial charge in [-0.05, 0) is 38.9 Å². The molecule has 1 rings (SSSR count). The van der Waals surface area contributed by atoms with Gasteiger partial charge in [0.25, 0.3) is 0 Å². The normalized spacial score (nSPS) is 11.8. The summed E-state index contributed by atoms with van der Waals surface area (Å²) in [4.78, 5) is 2.43. The van der Waals surface area contributed by atoms with Crippen molar-refractivity contribution in [3.05, 3.63) is 48.0 Å². The second-order valence-corrected chi connectivity index (χ2v) is 5.69. The molecule has 0 bridgehead atoms. The molecular formula is C16H26N2. The molecule has 1 N–H and O–H groups in total. The molecule has 1 aromatic rings. The lowest BCUT2D eigenvalue weighted by Crippen LogP contribution is -2.40. The summed E-state index contributed by atoms with van der Waals surface area (Å²) >= 11 is 0. The van der Waals surface area contributed by atoms with Crippen LogP contribution in [0.1, 0.15) is 31.9 Å². The molecule has 1 aromatic carbocycles. The highest BCUT2D eigenvalue weighted by Gasteiger charge is 2.19. The summed E-state index contributed by atoms with van der Waals surface area (Å²) in [7, 11) is 1.98. The second kappa shape index (κ2) is 6.72. The van der Waals surface area contributed by atoms with Gasteiger partial charge in [-0.3, -0.25) is 4.90 Å². The molecule has 0 aliphatic heterocycles. The Morgan fingerprint density at radius 2 is 1.94 bits per heavy atom. The summed E-state index contributed by atoms with van der Waals surface area (Å²) in [6.07, 6.45) is 1.97. The lowest BCUT2D eigenvalue weighted by molar-refractivity contribution is 0.145. The lowest BCUT2D eigenvalue weighted by Gasteiger charge is -2.35. The average Bonchev–Trinajstić information content (AvgIpc) is 2.28. The SMILES string of the molecule is C=CCN(Cc1cccc(CNC)c1)C(C)(C)C. The third-order valence-electron chi connectivity index (χ3n) is 3.04. The van der Waals surface area contributed by atoms with Gasteiger partial charge in [0.1, 0.15) is 0 Å². The molecule has 0 unspecified atom stereocenters. The monoisotopic (exact) mass is 246 g/mol. The first-order valence-electron chi connectivity index (χ1n) is 6.55. The van der Waals surface area contributed by atoms with Crippen molar-refractivity contribution >= 4 is 0 Å². The molecule has 0 aliphatic carbocycles. The fraction of sp³-hybridized carbons (Fsp3) is 0.500. The van der Waals surface area contributed by atoms with Crippen molar-refractivity contribution in [1.82, 2.24) is 10.2 Å². The summed E-state index contributed by atoms with van der Waals surface area (Å²) in [5, 5.41) is 3.19. The summed E-state index contributed by atoms with van der Waals surface area (Å²) in [5.74, 6) is 0. The van der Waals surface area contributed by atoms with Gasteiger partial charge in [0.05, 0.1) is 0 Å². The van der Waals surface area contributed by atoms with E-state index in [1.54, 1.807) is 0 Å². The van der Waals surface area contributed by atoms with Gasteiger partial charge in [0, 0.05) is 25.2 Å². The second-order valence-electron chi connectivity index (χ2n) is 5.69. The molecule has 100 valence electrons. The van der Waals surface area contributed by atoms with Crippen LogP contribution in [0.15, 0.2) is 36.9 Å². The Hall–Kier alpha value is -1.12. The Labute approximate surface area is 112 Å². The quantitative estimate of drug-likeness (QED) is 0.776. The minimum absolute atomic E-state index is 0.160. The highest BCUT2D eigenvalue weighted by atomic mass is 15.2. The predicted octanol–water partition coefficient (Wildman–Crippen LogP) is 3.19. The number of benzene rings is 1. The van der Waals surface area contributed by atoms with E-state index in [-0.39, 0.29) is 5.54 Å². The van der Waals surface area contributed by atoms with E-state index in [0.717, 1.165) is 19.6 Å². The molecule has 2 nitrogen and oxygen atoms in total. The van der Waals surface area contributed by atoms with Crippen LogP contribution in [0.5, 0.6) is 0 Å². The highest BCUT2D eigenvalue weighted by molar-refractivity contribution is 5.23. The van der Waals surface area contributed by atoms with Crippen molar-refractivity contribution in [2.24, 2.45) is 0 Å². The van der Waals surface area contributed by atoms with Crippen LogP contribution < -0.4 is 5.32 Å². The van der Waals surface area contributed by atoms with Crippen molar-refractivity contribution in [3.8, 4) is 0 Å². The minimum atomic E-state index is 0.160. The molecule has 0 aromatic heterocycles. The van der Waals surface area contributed by atoms with Gasteiger partial charge in [-0.2, -0.15) is 0 Å². The van der Waals surface area contributed by atoms with E-state index >= 15 is 0 Å². The van der Waals surface area contributed by atoms with E-state index in [2.05, 4.69) is 61.8 Å². The molecule has 0 radical (unpaired) electrons. The summed E-state index contributed by atoms with van der Waals surface area (Å²) in [5.41, 5.74) is 2.86. The third-order valence-corrected chi connectivity index (χ3v) is 3.04. The molecule has 0 saturated heterocycles. The van der Waals surface area contributed by atoms with Gasteiger partial charge >= 0.3 is 0 Å². The van der Waals surface area contributed by atoms with Gasteiger partial charge < -0.3 is 5.32 Å². The maximum absolute atomic E-state index is 3.85. The maximum atomic E-state index is 3.85. The Balaban J connectivity index is 2.80. The molecule has 0 aliphatic rings. The van der Waals surface area contributed by atoms with E-state index < -0.39 is 0 Å². The van der Waals surface area contributed by atoms with Crippen molar-refractivity contribution in [2.45, 2.75) is 39.4 Å². The Morgan fingerprint density at radius 1 is 1.28 bits per heavy atom. The molecule has 0 heterocycles. The summed E-state index contributed by atoms with van der Waals surface area (Å²) in [6, 6.07) is 8.77. The number of hydrogen-bond acceptors (Lipinski definition) is 2. The van der Waals surface area contributed by atoms with Gasteiger partial charge in [0.15, 0.2) is 0 Å². The standard InChI is InChI=1S/C16H26N2/c1-6-10-18(16(2,3)4)13-15-9-7-8-14(11-15)12-17-5/h6-9,11,17H,1,10,12-13H2,2-5H3. The van der Waals surface area contributed by atoms with E-state index in [1.165, 1.54) is 11.1 Å². The van der Waals surface area contributed by atoms with Gasteiger partial charge in [0.2, 0.25) is 0 Å². The largest absolute Gasteiger partial charge is 0.316 e. The molecule has 0 fully saturated rings. The first kappa shape index (κ1) is 14.9. The number of rotatable bonds is 6. The number of nitrogens with zero attached hydrogens (tertiary/aromatic N) is 1.